The van der Waals surface area contributed by atoms with Crippen molar-refractivity contribution in [3.63, 3.8) is 0 Å². The molecule has 2 atom stereocenters. The first kappa shape index (κ1) is 24.6. The highest BCUT2D eigenvalue weighted by Crippen LogP contribution is 2.20. The summed E-state index contributed by atoms with van der Waals surface area (Å²) in [6, 6.07) is 3.79. The van der Waals surface area contributed by atoms with Gasteiger partial charge in [-0.3, -0.25) is 9.47 Å². The molecule has 2 aliphatic heterocycles. The predicted octanol–water partition coefficient (Wildman–Crippen LogP) is 2.11. The second-order valence-electron chi connectivity index (χ2n) is 9.20. The van der Waals surface area contributed by atoms with Gasteiger partial charge in [-0.05, 0) is 38.2 Å². The lowest BCUT2D eigenvalue weighted by Gasteiger charge is -2.40. The van der Waals surface area contributed by atoms with E-state index in [2.05, 4.69) is 18.7 Å². The van der Waals surface area contributed by atoms with E-state index in [1.165, 1.54) is 0 Å². The molecule has 0 N–H and O–H groups in total. The van der Waals surface area contributed by atoms with E-state index in [0.717, 1.165) is 11.6 Å². The van der Waals surface area contributed by atoms with E-state index in [0.29, 0.717) is 57.3 Å². The molecular weight excluding hydrogens is 464 g/mol. The van der Waals surface area contributed by atoms with Crippen LogP contribution in [-0.4, -0.2) is 87.8 Å². The molecule has 2 aromatic rings. The number of furan rings is 1. The van der Waals surface area contributed by atoms with Crippen molar-refractivity contribution < 1.29 is 17.6 Å². The Morgan fingerprint density at radius 2 is 1.79 bits per heavy atom. The van der Waals surface area contributed by atoms with Crippen LogP contribution in [0.1, 0.15) is 45.2 Å². The van der Waals surface area contributed by atoms with E-state index >= 15 is 0 Å². The smallest absolute Gasteiger partial charge is 0.282 e. The summed E-state index contributed by atoms with van der Waals surface area (Å²) in [5, 5.41) is 4.78. The van der Waals surface area contributed by atoms with Gasteiger partial charge in [0.2, 0.25) is 0 Å². The third-order valence-electron chi connectivity index (χ3n) is 6.07. The number of hydrogen-bond acceptors (Lipinski definition) is 7. The molecule has 2 fully saturated rings. The van der Waals surface area contributed by atoms with Gasteiger partial charge in [-0.1, -0.05) is 13.8 Å². The molecule has 4 heterocycles. The largest absolute Gasteiger partial charge is 0.467 e. The SMILES string of the molecule is CC1CN(S(=O)(=O)N2CCN(Cn3nc(C(C)C)n(Cc4ccco4)c3=S)CC2)CC(C)O1. The fourth-order valence-corrected chi connectivity index (χ4v) is 6.46. The van der Waals surface area contributed by atoms with E-state index in [9.17, 15) is 8.42 Å². The zero-order valence-corrected chi connectivity index (χ0v) is 21.4. The molecule has 4 rings (SSSR count). The van der Waals surface area contributed by atoms with Crippen molar-refractivity contribution in [2.45, 2.75) is 59.0 Å². The van der Waals surface area contributed by atoms with Crippen LogP contribution in [0.4, 0.5) is 0 Å². The first-order chi connectivity index (χ1) is 15.6. The second kappa shape index (κ2) is 9.96. The van der Waals surface area contributed by atoms with Gasteiger partial charge in [0.05, 0.1) is 31.7 Å². The standard InChI is InChI=1S/C21H34N6O4S2/c1-16(2)20-22-27(21(32)26(20)14-19-6-5-11-30-19)15-23-7-9-24(10-8-23)33(28,29)25-12-17(3)31-18(4)13-25/h5-6,11,16-18H,7-10,12-15H2,1-4H3. The van der Waals surface area contributed by atoms with Gasteiger partial charge < -0.3 is 9.15 Å². The lowest BCUT2D eigenvalue weighted by Crippen LogP contribution is -2.57. The van der Waals surface area contributed by atoms with Crippen molar-refractivity contribution in [2.24, 2.45) is 0 Å². The number of piperazine rings is 1. The lowest BCUT2D eigenvalue weighted by atomic mass is 10.2. The minimum Gasteiger partial charge on any atom is -0.467 e. The number of rotatable bonds is 7. The van der Waals surface area contributed by atoms with Crippen molar-refractivity contribution in [1.82, 2.24) is 27.9 Å². The van der Waals surface area contributed by atoms with Crippen LogP contribution in [-0.2, 0) is 28.2 Å². The fraction of sp³-hybridized carbons (Fsp3) is 0.714. The van der Waals surface area contributed by atoms with Gasteiger partial charge in [-0.25, -0.2) is 4.68 Å². The third kappa shape index (κ3) is 5.41. The van der Waals surface area contributed by atoms with Crippen LogP contribution >= 0.6 is 12.2 Å². The van der Waals surface area contributed by atoms with Gasteiger partial charge in [0.25, 0.3) is 10.2 Å². The predicted molar refractivity (Wildman–Crippen MR) is 127 cm³/mol. The molecule has 2 saturated heterocycles. The van der Waals surface area contributed by atoms with Crippen LogP contribution in [0.5, 0.6) is 0 Å². The highest BCUT2D eigenvalue weighted by molar-refractivity contribution is 7.86. The maximum Gasteiger partial charge on any atom is 0.282 e. The molecule has 10 nitrogen and oxygen atoms in total. The van der Waals surface area contributed by atoms with Crippen LogP contribution in [0.25, 0.3) is 0 Å². The molecule has 0 bridgehead atoms. The summed E-state index contributed by atoms with van der Waals surface area (Å²) in [7, 11) is -3.50. The minimum atomic E-state index is -3.50. The van der Waals surface area contributed by atoms with E-state index in [1.54, 1.807) is 14.9 Å². The zero-order valence-electron chi connectivity index (χ0n) is 19.8. The Morgan fingerprint density at radius 1 is 1.12 bits per heavy atom. The average molecular weight is 499 g/mol. The number of nitrogens with zero attached hydrogens (tertiary/aromatic N) is 6. The third-order valence-corrected chi connectivity index (χ3v) is 8.47. The van der Waals surface area contributed by atoms with Gasteiger partial charge in [0.15, 0.2) is 4.77 Å². The van der Waals surface area contributed by atoms with Crippen LogP contribution in [0.2, 0.25) is 0 Å². The molecule has 2 aliphatic rings. The Labute approximate surface area is 200 Å². The molecule has 0 saturated carbocycles. The topological polar surface area (TPSA) is 89.0 Å². The number of morpholine rings is 1. The Morgan fingerprint density at radius 3 is 2.36 bits per heavy atom. The summed E-state index contributed by atoms with van der Waals surface area (Å²) in [6.07, 6.45) is 1.46. The van der Waals surface area contributed by atoms with Crippen molar-refractivity contribution in [3.05, 3.63) is 34.8 Å². The molecular formula is C21H34N6O4S2. The van der Waals surface area contributed by atoms with E-state index in [4.69, 9.17) is 26.5 Å². The highest BCUT2D eigenvalue weighted by Gasteiger charge is 2.36. The Balaban J connectivity index is 1.41. The Kier molecular flexibility index (Phi) is 7.41. The summed E-state index contributed by atoms with van der Waals surface area (Å²) in [5.41, 5.74) is 0. The van der Waals surface area contributed by atoms with Gasteiger partial charge in [0, 0.05) is 45.2 Å². The van der Waals surface area contributed by atoms with Crippen LogP contribution in [0.15, 0.2) is 22.8 Å². The van der Waals surface area contributed by atoms with Crippen molar-refractivity contribution in [3.8, 4) is 0 Å². The van der Waals surface area contributed by atoms with Crippen LogP contribution in [0, 0.1) is 4.77 Å². The summed E-state index contributed by atoms with van der Waals surface area (Å²) >= 11 is 5.73. The van der Waals surface area contributed by atoms with Gasteiger partial charge >= 0.3 is 0 Å². The van der Waals surface area contributed by atoms with Crippen molar-refractivity contribution in [2.75, 3.05) is 39.3 Å². The summed E-state index contributed by atoms with van der Waals surface area (Å²) < 4.78 is 45.1. The second-order valence-corrected chi connectivity index (χ2v) is 11.5. The van der Waals surface area contributed by atoms with E-state index in [1.807, 2.05) is 35.2 Å². The lowest BCUT2D eigenvalue weighted by molar-refractivity contribution is -0.0458. The quantitative estimate of drug-likeness (QED) is 0.540. The van der Waals surface area contributed by atoms with E-state index < -0.39 is 10.2 Å². The van der Waals surface area contributed by atoms with E-state index in [-0.39, 0.29) is 18.1 Å². The molecule has 0 aromatic carbocycles. The van der Waals surface area contributed by atoms with Gasteiger partial charge in [-0.15, -0.1) is 0 Å². The summed E-state index contributed by atoms with van der Waals surface area (Å²) in [4.78, 5) is 2.20. The van der Waals surface area contributed by atoms with Crippen LogP contribution in [0.3, 0.4) is 0 Å². The Bertz CT molecular complexity index is 1080. The fourth-order valence-electron chi connectivity index (χ4n) is 4.46. The van der Waals surface area contributed by atoms with Crippen LogP contribution < -0.4 is 0 Å². The summed E-state index contributed by atoms with van der Waals surface area (Å²) in [6.45, 7) is 12.0. The molecule has 12 heteroatoms. The molecule has 0 amide bonds. The highest BCUT2D eigenvalue weighted by atomic mass is 32.2. The number of aromatic nitrogens is 3. The van der Waals surface area contributed by atoms with Gasteiger partial charge in [0.1, 0.15) is 11.6 Å². The molecule has 0 radical (unpaired) electrons. The first-order valence-corrected chi connectivity index (χ1v) is 13.3. The Hall–Kier alpha value is -1.57. The monoisotopic (exact) mass is 498 g/mol. The molecule has 2 aromatic heterocycles. The first-order valence-electron chi connectivity index (χ1n) is 11.5. The average Bonchev–Trinajstić information content (AvgIpc) is 3.37. The molecule has 0 spiro atoms. The van der Waals surface area contributed by atoms with Gasteiger partial charge in [-0.2, -0.15) is 22.1 Å². The summed E-state index contributed by atoms with van der Waals surface area (Å²) in [5.74, 6) is 1.95. The molecule has 0 aliphatic carbocycles. The number of hydrogen-bond donors (Lipinski definition) is 0. The molecule has 184 valence electrons. The molecule has 2 unspecified atom stereocenters. The molecule has 33 heavy (non-hydrogen) atoms. The van der Waals surface area contributed by atoms with Crippen molar-refractivity contribution in [1.29, 1.82) is 0 Å². The maximum absolute atomic E-state index is 13.2. The normalized spacial score (nSPS) is 24.0. The zero-order chi connectivity index (χ0) is 23.8. The maximum atomic E-state index is 13.2. The number of ether oxygens (including phenoxy) is 1. The van der Waals surface area contributed by atoms with Crippen molar-refractivity contribution >= 4 is 22.4 Å². The minimum absolute atomic E-state index is 0.0990.